The van der Waals surface area contributed by atoms with Crippen molar-refractivity contribution in [2.45, 2.75) is 10.8 Å². The zero-order valence-corrected chi connectivity index (χ0v) is 36.8. The summed E-state index contributed by atoms with van der Waals surface area (Å²) in [4.78, 5) is 51.5. The summed E-state index contributed by atoms with van der Waals surface area (Å²) in [6, 6.07) is 27.7. The highest BCUT2D eigenvalue weighted by Crippen LogP contribution is 2.37. The Morgan fingerprint density at radius 1 is 0.557 bits per heavy atom. The molecule has 14 nitrogen and oxygen atoms in total. The lowest BCUT2D eigenvalue weighted by molar-refractivity contribution is -0.0000293. The molecule has 24 heteroatoms. The highest BCUT2D eigenvalue weighted by atomic mass is 35.5. The van der Waals surface area contributed by atoms with E-state index < -0.39 is 79.0 Å². The monoisotopic (exact) mass is 1010 g/mol. The number of alkyl halides is 6. The van der Waals surface area contributed by atoms with Crippen molar-refractivity contribution in [3.8, 4) is 52.3 Å². The molecule has 0 saturated heterocycles. The number of nitrogens with one attached hydrogen (secondary N) is 2. The number of rotatable bonds is 8. The molecule has 6 aromatic carbocycles. The first kappa shape index (κ1) is 52.4. The lowest BCUT2D eigenvalue weighted by Gasteiger charge is -2.14. The van der Waals surface area contributed by atoms with Crippen LogP contribution in [0.4, 0.5) is 30.7 Å². The van der Waals surface area contributed by atoms with Gasteiger partial charge in [-0.05, 0) is 59.6 Å². The zero-order chi connectivity index (χ0) is 50.5. The van der Waals surface area contributed by atoms with Gasteiger partial charge in [0.05, 0.1) is 36.7 Å². The fourth-order valence-corrected chi connectivity index (χ4v) is 6.72. The minimum atomic E-state index is -4.01. The number of benzene rings is 6. The molecule has 0 aliphatic rings. The maximum Gasteiger partial charge on any atom is 0.362 e. The van der Waals surface area contributed by atoms with Crippen molar-refractivity contribution in [2.24, 2.45) is 0 Å². The Kier molecular flexibility index (Phi) is 15.8. The SMILES string of the molecule is COc1cccc2c(O)cccc12.COc1cccc2c(Oc3cc(-n4c(=O)cc(C(F)(F)Cl)[nH]c4=O)c(F)cc3C#N)cccc12.N#Cc1cc(F)c(-n2c(=O)cc(C(F)(F)Cl)[nH]c2=O)cc1F.[F-]. The van der Waals surface area contributed by atoms with Crippen LogP contribution in [-0.4, -0.2) is 38.4 Å². The largest absolute Gasteiger partial charge is 1.00 e. The second-order valence-corrected chi connectivity index (χ2v) is 14.8. The van der Waals surface area contributed by atoms with Gasteiger partial charge >= 0.3 is 22.1 Å². The van der Waals surface area contributed by atoms with E-state index in [9.17, 15) is 60.3 Å². The number of ether oxygens (including phenoxy) is 3. The molecular weight excluding hydrogens is 987 g/mol. The highest BCUT2D eigenvalue weighted by Gasteiger charge is 2.32. The molecule has 2 aromatic heterocycles. The van der Waals surface area contributed by atoms with Gasteiger partial charge in [-0.25, -0.2) is 31.9 Å². The van der Waals surface area contributed by atoms with Crippen LogP contribution >= 0.6 is 23.2 Å². The predicted molar refractivity (Wildman–Crippen MR) is 237 cm³/mol. The summed E-state index contributed by atoms with van der Waals surface area (Å²) < 4.78 is 111. The zero-order valence-electron chi connectivity index (χ0n) is 35.3. The average Bonchev–Trinajstić information content (AvgIpc) is 3.30. The maximum absolute atomic E-state index is 14.8. The van der Waals surface area contributed by atoms with Crippen LogP contribution in [0.15, 0.2) is 128 Å². The number of phenols is 1. The number of aromatic amines is 2. The first-order valence-corrected chi connectivity index (χ1v) is 19.9. The Morgan fingerprint density at radius 3 is 1.40 bits per heavy atom. The Morgan fingerprint density at radius 2 is 0.957 bits per heavy atom. The van der Waals surface area contributed by atoms with E-state index in [1.807, 2.05) is 24.3 Å². The molecule has 8 aromatic rings. The molecule has 0 radical (unpaired) electrons. The van der Waals surface area contributed by atoms with Crippen LogP contribution in [0.5, 0.6) is 28.7 Å². The predicted octanol–water partition coefficient (Wildman–Crippen LogP) is 6.30. The van der Waals surface area contributed by atoms with Crippen molar-refractivity contribution in [3.63, 3.8) is 0 Å². The van der Waals surface area contributed by atoms with Gasteiger partial charge in [0.15, 0.2) is 0 Å². The van der Waals surface area contributed by atoms with Crippen molar-refractivity contribution in [2.75, 3.05) is 14.2 Å². The van der Waals surface area contributed by atoms with E-state index >= 15 is 0 Å². The molecule has 0 saturated carbocycles. The first-order valence-electron chi connectivity index (χ1n) is 19.1. The Balaban J connectivity index is 0.000000216. The average molecular weight is 1010 g/mol. The van der Waals surface area contributed by atoms with Gasteiger partial charge in [0.2, 0.25) is 0 Å². The minimum Gasteiger partial charge on any atom is -1.00 e. The van der Waals surface area contributed by atoms with E-state index in [-0.39, 0.29) is 38.1 Å². The molecule has 70 heavy (non-hydrogen) atoms. The van der Waals surface area contributed by atoms with Crippen LogP contribution in [-0.2, 0) is 10.8 Å². The number of hydrogen-bond donors (Lipinski definition) is 3. The third kappa shape index (κ3) is 11.1. The number of aromatic nitrogens is 4. The number of nitrogens with zero attached hydrogens (tertiary/aromatic N) is 4. The number of aromatic hydroxyl groups is 1. The van der Waals surface area contributed by atoms with E-state index in [4.69, 9.17) is 31.1 Å². The van der Waals surface area contributed by atoms with E-state index in [1.54, 1.807) is 71.7 Å². The Hall–Kier alpha value is -8.60. The molecule has 8 rings (SSSR count). The fraction of sp³-hybridized carbons (Fsp3) is 0.0870. The molecule has 0 aliphatic carbocycles. The molecular formula is C46H27Cl2F8N6O8-. The molecule has 360 valence electrons. The summed E-state index contributed by atoms with van der Waals surface area (Å²) in [6.45, 7) is 0. The Bertz CT molecular complexity index is 3570. The van der Waals surface area contributed by atoms with Gasteiger partial charge in [-0.15, -0.1) is 0 Å². The van der Waals surface area contributed by atoms with Gasteiger partial charge in [0.1, 0.15) is 69.7 Å². The summed E-state index contributed by atoms with van der Waals surface area (Å²) in [6.07, 6.45) is 0. The number of fused-ring (bicyclic) bond motifs is 2. The number of methoxy groups -OCH3 is 2. The Labute approximate surface area is 396 Å². The minimum absolute atomic E-state index is 0. The summed E-state index contributed by atoms with van der Waals surface area (Å²) in [5, 5.41) is 22.6. The summed E-state index contributed by atoms with van der Waals surface area (Å²) in [5.41, 5.74) is -10.0. The fourth-order valence-electron chi connectivity index (χ4n) is 6.51. The van der Waals surface area contributed by atoms with Gasteiger partial charge in [0, 0.05) is 45.8 Å². The van der Waals surface area contributed by atoms with Gasteiger partial charge in [0.25, 0.3) is 11.1 Å². The van der Waals surface area contributed by atoms with E-state index in [0.29, 0.717) is 39.3 Å². The normalized spacial score (nSPS) is 10.9. The number of hydrogen-bond acceptors (Lipinski definition) is 10. The van der Waals surface area contributed by atoms with Crippen molar-refractivity contribution >= 4 is 44.7 Å². The topological polar surface area (TPSA) is 205 Å². The lowest BCUT2D eigenvalue weighted by Crippen LogP contribution is -3.00. The van der Waals surface area contributed by atoms with Crippen LogP contribution in [0, 0.1) is 40.1 Å². The molecule has 0 amide bonds. The summed E-state index contributed by atoms with van der Waals surface area (Å²) in [7, 11) is 3.13. The quantitative estimate of drug-likeness (QED) is 0.114. The van der Waals surface area contributed by atoms with Crippen molar-refractivity contribution < 1.29 is 54.8 Å². The van der Waals surface area contributed by atoms with Gasteiger partial charge < -0.3 is 34.0 Å². The first-order chi connectivity index (χ1) is 32.6. The molecule has 0 spiro atoms. The molecule has 0 aliphatic heterocycles. The third-order valence-electron chi connectivity index (χ3n) is 9.65. The summed E-state index contributed by atoms with van der Waals surface area (Å²) in [5.74, 6) is -1.81. The van der Waals surface area contributed by atoms with Crippen LogP contribution in [0.25, 0.3) is 32.9 Å². The number of phenolic OH excluding ortho intramolecular Hbond substituents is 1. The van der Waals surface area contributed by atoms with E-state index in [2.05, 4.69) is 11.6 Å². The second-order valence-electron chi connectivity index (χ2n) is 13.9. The van der Waals surface area contributed by atoms with Crippen molar-refractivity contribution in [1.82, 2.24) is 19.1 Å². The van der Waals surface area contributed by atoms with Crippen LogP contribution in [0.1, 0.15) is 22.5 Å². The van der Waals surface area contributed by atoms with E-state index in [1.165, 1.54) is 13.2 Å². The summed E-state index contributed by atoms with van der Waals surface area (Å²) >= 11 is 9.54. The highest BCUT2D eigenvalue weighted by molar-refractivity contribution is 6.21. The van der Waals surface area contributed by atoms with E-state index in [0.717, 1.165) is 28.7 Å². The standard InChI is InChI=1S/C23H13ClF3N3O4.C12H4ClF4N3O2.C11H10O2.FH/c1-33-17-6-2-5-14-13(17)4-3-7-18(14)34-19-9-16(15(25)8-12(19)11-28)30-21(31)10-20(23(24,26)27)29-22(30)32;13-12(16,17)9-3-10(21)20(11(22)19-9)8-2-6(14)5(4-18)1-7(8)15;1-13-11-7-3-4-8-9(11)5-2-6-10(8)12;/h2-10H,1H3,(H,29,32);1-3H,(H,19,22);2-7,12H,1H3;1H/p-1. The lowest BCUT2D eigenvalue weighted by atomic mass is 10.1. The van der Waals surface area contributed by atoms with Crippen LogP contribution < -0.4 is 41.4 Å². The van der Waals surface area contributed by atoms with Crippen LogP contribution in [0.3, 0.4) is 0 Å². The molecule has 2 heterocycles. The molecule has 0 fully saturated rings. The molecule has 0 atom stereocenters. The van der Waals surface area contributed by atoms with Gasteiger partial charge in [-0.1, -0.05) is 48.5 Å². The van der Waals surface area contributed by atoms with Gasteiger partial charge in [-0.2, -0.15) is 28.1 Å². The molecule has 0 unspecified atom stereocenters. The third-order valence-corrected chi connectivity index (χ3v) is 10.1. The van der Waals surface area contributed by atoms with Gasteiger partial charge in [-0.3, -0.25) is 9.59 Å². The molecule has 3 N–H and O–H groups in total. The number of halogens is 10. The number of nitriles is 2. The van der Waals surface area contributed by atoms with Crippen LogP contribution in [0.2, 0.25) is 0 Å². The maximum atomic E-state index is 14.8. The smallest absolute Gasteiger partial charge is 0.362 e. The second kappa shape index (κ2) is 21.1. The van der Waals surface area contributed by atoms with Crippen molar-refractivity contribution in [3.05, 3.63) is 191 Å². The van der Waals surface area contributed by atoms with Crippen molar-refractivity contribution in [1.29, 1.82) is 10.5 Å². The molecule has 0 bridgehead atoms. The number of H-pyrrole nitrogens is 2.